The van der Waals surface area contributed by atoms with E-state index in [-0.39, 0.29) is 0 Å². The molecule has 1 unspecified atom stereocenters. The fourth-order valence-electron chi connectivity index (χ4n) is 2.03. The number of aryl methyl sites for hydroxylation is 2. The largest absolute Gasteiger partial charge is 0.496 e. The van der Waals surface area contributed by atoms with E-state index in [0.29, 0.717) is 5.92 Å². The molecule has 88 valence electrons. The van der Waals surface area contributed by atoms with Crippen molar-refractivity contribution in [2.75, 3.05) is 7.11 Å². The standard InChI is InChI=1S/C15H22O/c1-6-7-11(2)8-14-9-13(4)15(16-5)10-12(14)3/h6-7,9-11H,8H2,1-5H3/b7-6-. The van der Waals surface area contributed by atoms with E-state index in [1.54, 1.807) is 7.11 Å². The van der Waals surface area contributed by atoms with Crippen LogP contribution in [0.3, 0.4) is 0 Å². The molecule has 16 heavy (non-hydrogen) atoms. The summed E-state index contributed by atoms with van der Waals surface area (Å²) in [7, 11) is 1.73. The van der Waals surface area contributed by atoms with Crippen LogP contribution in [0.2, 0.25) is 0 Å². The Kier molecular flexibility index (Phi) is 4.60. The average molecular weight is 218 g/mol. The summed E-state index contributed by atoms with van der Waals surface area (Å²) < 4.78 is 5.32. The number of hydrogen-bond donors (Lipinski definition) is 0. The third-order valence-corrected chi connectivity index (χ3v) is 2.92. The van der Waals surface area contributed by atoms with E-state index in [9.17, 15) is 0 Å². The molecule has 1 nitrogen and oxygen atoms in total. The van der Waals surface area contributed by atoms with Gasteiger partial charge in [-0.2, -0.15) is 0 Å². The topological polar surface area (TPSA) is 9.23 Å². The van der Waals surface area contributed by atoms with Gasteiger partial charge in [-0.15, -0.1) is 0 Å². The molecular weight excluding hydrogens is 196 g/mol. The van der Waals surface area contributed by atoms with Crippen molar-refractivity contribution in [2.45, 2.75) is 34.1 Å². The summed E-state index contributed by atoms with van der Waals surface area (Å²) in [5, 5.41) is 0. The summed E-state index contributed by atoms with van der Waals surface area (Å²) in [6.07, 6.45) is 5.47. The molecule has 0 bridgehead atoms. The van der Waals surface area contributed by atoms with Gasteiger partial charge >= 0.3 is 0 Å². The monoisotopic (exact) mass is 218 g/mol. The van der Waals surface area contributed by atoms with Gasteiger partial charge in [-0.05, 0) is 55.9 Å². The normalized spacial score (nSPS) is 13.1. The quantitative estimate of drug-likeness (QED) is 0.692. The highest BCUT2D eigenvalue weighted by Crippen LogP contribution is 2.24. The van der Waals surface area contributed by atoms with Crippen LogP contribution < -0.4 is 4.74 Å². The zero-order valence-electron chi connectivity index (χ0n) is 11.0. The summed E-state index contributed by atoms with van der Waals surface area (Å²) in [5.74, 6) is 1.58. The summed E-state index contributed by atoms with van der Waals surface area (Å²) in [6, 6.07) is 4.38. The molecule has 0 radical (unpaired) electrons. The predicted molar refractivity (Wildman–Crippen MR) is 70.2 cm³/mol. The molecule has 0 fully saturated rings. The Morgan fingerprint density at radius 3 is 2.50 bits per heavy atom. The summed E-state index contributed by atoms with van der Waals surface area (Å²) in [4.78, 5) is 0. The summed E-state index contributed by atoms with van der Waals surface area (Å²) >= 11 is 0. The molecule has 0 aliphatic carbocycles. The molecule has 0 N–H and O–H groups in total. The highest BCUT2D eigenvalue weighted by Gasteiger charge is 2.07. The first kappa shape index (κ1) is 12.8. The minimum Gasteiger partial charge on any atom is -0.496 e. The first-order valence-corrected chi connectivity index (χ1v) is 5.85. The van der Waals surface area contributed by atoms with E-state index in [4.69, 9.17) is 4.74 Å². The van der Waals surface area contributed by atoms with Crippen LogP contribution in [0, 0.1) is 19.8 Å². The molecule has 1 atom stereocenters. The molecular formula is C15H22O. The summed E-state index contributed by atoms with van der Waals surface area (Å²) in [6.45, 7) is 8.57. The van der Waals surface area contributed by atoms with E-state index >= 15 is 0 Å². The van der Waals surface area contributed by atoms with E-state index < -0.39 is 0 Å². The van der Waals surface area contributed by atoms with Gasteiger partial charge < -0.3 is 4.74 Å². The first-order valence-electron chi connectivity index (χ1n) is 5.85. The van der Waals surface area contributed by atoms with Crippen LogP contribution in [0.4, 0.5) is 0 Å². The highest BCUT2D eigenvalue weighted by atomic mass is 16.5. The molecule has 0 aliphatic heterocycles. The molecule has 1 aromatic carbocycles. The Balaban J connectivity index is 2.93. The van der Waals surface area contributed by atoms with Crippen molar-refractivity contribution in [3.63, 3.8) is 0 Å². The minimum atomic E-state index is 0.594. The van der Waals surface area contributed by atoms with E-state index in [2.05, 4.69) is 52.0 Å². The van der Waals surface area contributed by atoms with Gasteiger partial charge in [0.15, 0.2) is 0 Å². The fraction of sp³-hybridized carbons (Fsp3) is 0.467. The lowest BCUT2D eigenvalue weighted by Crippen LogP contribution is -2.00. The lowest BCUT2D eigenvalue weighted by atomic mass is 9.95. The second kappa shape index (κ2) is 5.74. The maximum absolute atomic E-state index is 5.32. The lowest BCUT2D eigenvalue weighted by molar-refractivity contribution is 0.411. The van der Waals surface area contributed by atoms with Crippen LogP contribution in [0.5, 0.6) is 5.75 Å². The molecule has 0 heterocycles. The Bertz CT molecular complexity index is 377. The molecule has 0 amide bonds. The van der Waals surface area contributed by atoms with Gasteiger partial charge in [-0.25, -0.2) is 0 Å². The molecule has 0 saturated heterocycles. The molecule has 0 aromatic heterocycles. The molecule has 1 rings (SSSR count). The average Bonchev–Trinajstić information content (AvgIpc) is 2.23. The van der Waals surface area contributed by atoms with Crippen molar-refractivity contribution in [2.24, 2.45) is 5.92 Å². The maximum atomic E-state index is 5.32. The van der Waals surface area contributed by atoms with Gasteiger partial charge in [0.25, 0.3) is 0 Å². The van der Waals surface area contributed by atoms with E-state index in [1.165, 1.54) is 16.7 Å². The molecule has 1 aromatic rings. The van der Waals surface area contributed by atoms with Crippen LogP contribution >= 0.6 is 0 Å². The Hall–Kier alpha value is -1.24. The fourth-order valence-corrected chi connectivity index (χ4v) is 2.03. The van der Waals surface area contributed by atoms with Gasteiger partial charge in [0, 0.05) is 0 Å². The molecule has 1 heteroatoms. The van der Waals surface area contributed by atoms with Crippen molar-refractivity contribution < 1.29 is 4.74 Å². The van der Waals surface area contributed by atoms with Crippen LogP contribution in [-0.4, -0.2) is 7.11 Å². The third kappa shape index (κ3) is 3.13. The zero-order valence-corrected chi connectivity index (χ0v) is 11.0. The molecule has 0 spiro atoms. The molecule has 0 saturated carbocycles. The van der Waals surface area contributed by atoms with Gasteiger partial charge in [0.05, 0.1) is 7.11 Å². The number of allylic oxidation sites excluding steroid dienone is 2. The highest BCUT2D eigenvalue weighted by molar-refractivity contribution is 5.41. The van der Waals surface area contributed by atoms with Crippen LogP contribution in [0.15, 0.2) is 24.3 Å². The number of rotatable bonds is 4. The Morgan fingerprint density at radius 2 is 1.94 bits per heavy atom. The van der Waals surface area contributed by atoms with Crippen molar-refractivity contribution in [1.29, 1.82) is 0 Å². The smallest absolute Gasteiger partial charge is 0.122 e. The van der Waals surface area contributed by atoms with Crippen molar-refractivity contribution >= 4 is 0 Å². The third-order valence-electron chi connectivity index (χ3n) is 2.92. The van der Waals surface area contributed by atoms with Gasteiger partial charge in [0.1, 0.15) is 5.75 Å². The minimum absolute atomic E-state index is 0.594. The van der Waals surface area contributed by atoms with Gasteiger partial charge in [-0.1, -0.05) is 25.1 Å². The lowest BCUT2D eigenvalue weighted by Gasteiger charge is -2.13. The number of benzene rings is 1. The van der Waals surface area contributed by atoms with Crippen LogP contribution in [0.25, 0.3) is 0 Å². The number of hydrogen-bond acceptors (Lipinski definition) is 1. The Morgan fingerprint density at radius 1 is 1.25 bits per heavy atom. The SMILES string of the molecule is C/C=C\C(C)Cc1cc(C)c(OC)cc1C. The number of methoxy groups -OCH3 is 1. The number of ether oxygens (including phenoxy) is 1. The Labute approximate surface area is 99.1 Å². The van der Waals surface area contributed by atoms with Gasteiger partial charge in [0.2, 0.25) is 0 Å². The molecule has 0 aliphatic rings. The van der Waals surface area contributed by atoms with Crippen molar-refractivity contribution in [1.82, 2.24) is 0 Å². The second-order valence-electron chi connectivity index (χ2n) is 4.46. The van der Waals surface area contributed by atoms with Gasteiger partial charge in [-0.3, -0.25) is 0 Å². The van der Waals surface area contributed by atoms with Crippen LogP contribution in [0.1, 0.15) is 30.5 Å². The van der Waals surface area contributed by atoms with E-state index in [1.807, 2.05) is 0 Å². The predicted octanol–water partition coefficient (Wildman–Crippen LogP) is 4.07. The zero-order chi connectivity index (χ0) is 12.1. The van der Waals surface area contributed by atoms with E-state index in [0.717, 1.165) is 12.2 Å². The second-order valence-corrected chi connectivity index (χ2v) is 4.46. The first-order chi connectivity index (χ1) is 7.58. The summed E-state index contributed by atoms with van der Waals surface area (Å²) in [5.41, 5.74) is 3.96. The van der Waals surface area contributed by atoms with Crippen LogP contribution in [-0.2, 0) is 6.42 Å². The van der Waals surface area contributed by atoms with Crippen molar-refractivity contribution in [3.8, 4) is 5.75 Å². The maximum Gasteiger partial charge on any atom is 0.122 e. The van der Waals surface area contributed by atoms with Crippen molar-refractivity contribution in [3.05, 3.63) is 41.0 Å².